The van der Waals surface area contributed by atoms with E-state index in [-0.39, 0.29) is 10.5 Å². The predicted molar refractivity (Wildman–Crippen MR) is 95.6 cm³/mol. The van der Waals surface area contributed by atoms with Gasteiger partial charge in [-0.05, 0) is 46.3 Å². The van der Waals surface area contributed by atoms with Crippen molar-refractivity contribution in [2.24, 2.45) is 5.14 Å². The fraction of sp³-hybridized carbons (Fsp3) is 0.125. The quantitative estimate of drug-likeness (QED) is 0.734. The Morgan fingerprint density at radius 1 is 1.16 bits per heavy atom. The van der Waals surface area contributed by atoms with Crippen LogP contribution in [0.15, 0.2) is 57.9 Å². The van der Waals surface area contributed by atoms with E-state index in [9.17, 15) is 18.0 Å². The second-order valence-corrected chi connectivity index (χ2v) is 7.47. The Hall–Kier alpha value is -2.23. The summed E-state index contributed by atoms with van der Waals surface area (Å²) >= 11 is 3.14. The van der Waals surface area contributed by atoms with Crippen LogP contribution in [0.2, 0.25) is 0 Å². The van der Waals surface area contributed by atoms with Gasteiger partial charge < -0.3 is 9.64 Å². The van der Waals surface area contributed by atoms with Crippen LogP contribution in [0, 0.1) is 0 Å². The molecule has 0 aliphatic carbocycles. The first-order chi connectivity index (χ1) is 11.7. The molecule has 0 saturated heterocycles. The fourth-order valence-corrected chi connectivity index (χ4v) is 2.88. The van der Waals surface area contributed by atoms with E-state index in [0.29, 0.717) is 10.2 Å². The van der Waals surface area contributed by atoms with Crippen LogP contribution in [-0.2, 0) is 19.6 Å². The molecule has 2 N–H and O–H groups in total. The minimum absolute atomic E-state index is 0.0401. The van der Waals surface area contributed by atoms with Crippen molar-refractivity contribution in [1.29, 1.82) is 0 Å². The third-order valence-electron chi connectivity index (χ3n) is 3.33. The molecule has 0 radical (unpaired) electrons. The SMILES string of the molecule is CN(C(=O)COC(=O)c1cc(S(N)(=O)=O)ccc1Br)c1ccccc1. The lowest BCUT2D eigenvalue weighted by Gasteiger charge is -2.17. The standard InChI is InChI=1S/C16H15BrN2O5S/c1-19(11-5-3-2-4-6-11)15(20)10-24-16(21)13-9-12(25(18,22)23)7-8-14(13)17/h2-9H,10H2,1H3,(H2,18,22,23). The number of halogens is 1. The second-order valence-electron chi connectivity index (χ2n) is 5.05. The molecule has 0 aromatic heterocycles. The van der Waals surface area contributed by atoms with E-state index in [1.807, 2.05) is 6.07 Å². The van der Waals surface area contributed by atoms with Gasteiger partial charge in [-0.15, -0.1) is 0 Å². The molecule has 132 valence electrons. The molecule has 1 amide bonds. The average molecular weight is 427 g/mol. The van der Waals surface area contributed by atoms with Crippen LogP contribution in [0.1, 0.15) is 10.4 Å². The molecule has 0 aliphatic heterocycles. The van der Waals surface area contributed by atoms with Gasteiger partial charge >= 0.3 is 5.97 Å². The van der Waals surface area contributed by atoms with Gasteiger partial charge in [-0.2, -0.15) is 0 Å². The highest BCUT2D eigenvalue weighted by Gasteiger charge is 2.19. The molecule has 0 aliphatic rings. The summed E-state index contributed by atoms with van der Waals surface area (Å²) in [6, 6.07) is 12.6. The molecule has 0 unspecified atom stereocenters. The van der Waals surface area contributed by atoms with E-state index >= 15 is 0 Å². The number of benzene rings is 2. The first-order valence-electron chi connectivity index (χ1n) is 7.01. The number of hydrogen-bond acceptors (Lipinski definition) is 5. The number of carbonyl (C=O) groups excluding carboxylic acids is 2. The maximum absolute atomic E-state index is 12.1. The molecule has 0 fully saturated rings. The molecule has 7 nitrogen and oxygen atoms in total. The smallest absolute Gasteiger partial charge is 0.339 e. The van der Waals surface area contributed by atoms with Gasteiger partial charge in [-0.25, -0.2) is 18.4 Å². The number of anilines is 1. The van der Waals surface area contributed by atoms with Crippen molar-refractivity contribution >= 4 is 43.5 Å². The van der Waals surface area contributed by atoms with Gasteiger partial charge in [0.05, 0.1) is 10.5 Å². The zero-order valence-electron chi connectivity index (χ0n) is 13.2. The summed E-state index contributed by atoms with van der Waals surface area (Å²) < 4.78 is 28.1. The maximum Gasteiger partial charge on any atom is 0.339 e. The number of rotatable bonds is 5. The minimum Gasteiger partial charge on any atom is -0.452 e. The van der Waals surface area contributed by atoms with E-state index in [4.69, 9.17) is 9.88 Å². The van der Waals surface area contributed by atoms with Crippen molar-refractivity contribution in [2.75, 3.05) is 18.6 Å². The van der Waals surface area contributed by atoms with Crippen molar-refractivity contribution < 1.29 is 22.7 Å². The first-order valence-corrected chi connectivity index (χ1v) is 9.35. The number of para-hydroxylation sites is 1. The van der Waals surface area contributed by atoms with E-state index < -0.39 is 28.5 Å². The number of likely N-dealkylation sites (N-methyl/N-ethyl adjacent to an activating group) is 1. The monoisotopic (exact) mass is 426 g/mol. The molecule has 0 heterocycles. The number of nitrogens with zero attached hydrogens (tertiary/aromatic N) is 1. The number of ether oxygens (including phenoxy) is 1. The molecule has 2 aromatic rings. The summed E-state index contributed by atoms with van der Waals surface area (Å²) in [7, 11) is -2.40. The molecule has 2 aromatic carbocycles. The zero-order valence-corrected chi connectivity index (χ0v) is 15.6. The summed E-state index contributed by atoms with van der Waals surface area (Å²) in [6.07, 6.45) is 0. The lowest BCUT2D eigenvalue weighted by Crippen LogP contribution is -2.31. The molecular weight excluding hydrogens is 412 g/mol. The van der Waals surface area contributed by atoms with Crippen LogP contribution >= 0.6 is 15.9 Å². The molecule has 0 saturated carbocycles. The first kappa shape index (κ1) is 19.1. The highest BCUT2D eigenvalue weighted by molar-refractivity contribution is 9.10. The molecular formula is C16H15BrN2O5S. The number of carbonyl (C=O) groups is 2. The van der Waals surface area contributed by atoms with Crippen LogP contribution in [0.5, 0.6) is 0 Å². The molecule has 0 atom stereocenters. The van der Waals surface area contributed by atoms with E-state index in [0.717, 1.165) is 6.07 Å². The van der Waals surface area contributed by atoms with Crippen molar-refractivity contribution in [2.45, 2.75) is 4.90 Å². The Kier molecular flexibility index (Phi) is 5.93. The zero-order chi connectivity index (χ0) is 18.6. The van der Waals surface area contributed by atoms with Gasteiger partial charge in [0.25, 0.3) is 5.91 Å². The summed E-state index contributed by atoms with van der Waals surface area (Å²) in [5, 5.41) is 5.05. The minimum atomic E-state index is -3.96. The van der Waals surface area contributed by atoms with Gasteiger partial charge in [-0.1, -0.05) is 18.2 Å². The Morgan fingerprint density at radius 2 is 1.80 bits per heavy atom. The van der Waals surface area contributed by atoms with Gasteiger partial charge in [0, 0.05) is 17.2 Å². The molecule has 2 rings (SSSR count). The Morgan fingerprint density at radius 3 is 2.40 bits per heavy atom. The Bertz CT molecular complexity index is 900. The van der Waals surface area contributed by atoms with Crippen molar-refractivity contribution in [3.8, 4) is 0 Å². The topological polar surface area (TPSA) is 107 Å². The fourth-order valence-electron chi connectivity index (χ4n) is 1.94. The Labute approximate surface area is 153 Å². The molecule has 0 bridgehead atoms. The van der Waals surface area contributed by atoms with E-state index in [1.165, 1.54) is 17.0 Å². The molecule has 9 heteroatoms. The summed E-state index contributed by atoms with van der Waals surface area (Å²) in [6.45, 7) is -0.490. The van der Waals surface area contributed by atoms with Gasteiger partial charge in [0.15, 0.2) is 6.61 Å². The maximum atomic E-state index is 12.1. The van der Waals surface area contributed by atoms with Crippen LogP contribution in [0.25, 0.3) is 0 Å². The highest BCUT2D eigenvalue weighted by atomic mass is 79.9. The van der Waals surface area contributed by atoms with Crippen LogP contribution in [0.3, 0.4) is 0 Å². The predicted octanol–water partition coefficient (Wildman–Crippen LogP) is 1.92. The van der Waals surface area contributed by atoms with Crippen LogP contribution in [0.4, 0.5) is 5.69 Å². The lowest BCUT2D eigenvalue weighted by atomic mass is 10.2. The second kappa shape index (κ2) is 7.77. The van der Waals surface area contributed by atoms with Gasteiger partial charge in [0.2, 0.25) is 10.0 Å². The highest BCUT2D eigenvalue weighted by Crippen LogP contribution is 2.21. The number of hydrogen-bond donors (Lipinski definition) is 1. The lowest BCUT2D eigenvalue weighted by molar-refractivity contribution is -0.121. The molecule has 0 spiro atoms. The van der Waals surface area contributed by atoms with Gasteiger partial charge in [-0.3, -0.25) is 4.79 Å². The Balaban J connectivity index is 2.09. The number of esters is 1. The van der Waals surface area contributed by atoms with Crippen LogP contribution < -0.4 is 10.0 Å². The average Bonchev–Trinajstić information content (AvgIpc) is 2.58. The largest absolute Gasteiger partial charge is 0.452 e. The number of nitrogens with two attached hydrogens (primary N) is 1. The van der Waals surface area contributed by atoms with Crippen molar-refractivity contribution in [3.63, 3.8) is 0 Å². The number of primary sulfonamides is 1. The van der Waals surface area contributed by atoms with E-state index in [2.05, 4.69) is 15.9 Å². The third-order valence-corrected chi connectivity index (χ3v) is 4.93. The normalized spacial score (nSPS) is 11.0. The van der Waals surface area contributed by atoms with Crippen molar-refractivity contribution in [1.82, 2.24) is 0 Å². The summed E-state index contributed by atoms with van der Waals surface area (Å²) in [5.41, 5.74) is 0.614. The molecule has 25 heavy (non-hydrogen) atoms. The van der Waals surface area contributed by atoms with E-state index in [1.54, 1.807) is 31.3 Å². The van der Waals surface area contributed by atoms with Crippen LogP contribution in [-0.4, -0.2) is 33.9 Å². The number of amides is 1. The summed E-state index contributed by atoms with van der Waals surface area (Å²) in [4.78, 5) is 25.4. The third kappa shape index (κ3) is 4.88. The van der Waals surface area contributed by atoms with Crippen molar-refractivity contribution in [3.05, 3.63) is 58.6 Å². The summed E-state index contributed by atoms with van der Waals surface area (Å²) in [5.74, 6) is -1.27. The number of sulfonamides is 1. The van der Waals surface area contributed by atoms with Gasteiger partial charge in [0.1, 0.15) is 0 Å².